The predicted molar refractivity (Wildman–Crippen MR) is 81.6 cm³/mol. The molecule has 0 radical (unpaired) electrons. The molecular formula is C16H25N3O2. The molecule has 2 unspecified atom stereocenters. The number of aliphatic hydroxyl groups excluding tert-OH is 1. The summed E-state index contributed by atoms with van der Waals surface area (Å²) < 4.78 is 5.81. The number of ether oxygens (including phenoxy) is 1. The Morgan fingerprint density at radius 2 is 2.24 bits per heavy atom. The van der Waals surface area contributed by atoms with Crippen molar-refractivity contribution in [1.82, 2.24) is 9.88 Å². The first-order chi connectivity index (χ1) is 10.1. The normalized spacial score (nSPS) is 28.5. The first kappa shape index (κ1) is 14.8. The fourth-order valence-electron chi connectivity index (χ4n) is 3.80. The molecule has 1 aliphatic carbocycles. The van der Waals surface area contributed by atoms with Crippen molar-refractivity contribution in [3.8, 4) is 0 Å². The van der Waals surface area contributed by atoms with E-state index in [1.807, 2.05) is 19.1 Å². The molecule has 1 aromatic rings. The molecule has 2 atom stereocenters. The minimum atomic E-state index is -0.187. The number of piperidine rings is 1. The highest BCUT2D eigenvalue weighted by Gasteiger charge is 2.55. The maximum Gasteiger partial charge on any atom is 0.123 e. The Hall–Kier alpha value is -1.17. The largest absolute Gasteiger partial charge is 0.392 e. The van der Waals surface area contributed by atoms with Crippen molar-refractivity contribution >= 4 is 5.82 Å². The van der Waals surface area contributed by atoms with E-state index in [4.69, 9.17) is 10.5 Å². The second kappa shape index (κ2) is 5.91. The third-order valence-corrected chi connectivity index (χ3v) is 5.15. The van der Waals surface area contributed by atoms with Crippen LogP contribution >= 0.6 is 0 Å². The molecule has 1 saturated carbocycles. The van der Waals surface area contributed by atoms with E-state index in [-0.39, 0.29) is 17.6 Å². The monoisotopic (exact) mass is 291 g/mol. The Morgan fingerprint density at radius 3 is 2.86 bits per heavy atom. The van der Waals surface area contributed by atoms with Gasteiger partial charge in [-0.3, -0.25) is 4.90 Å². The summed E-state index contributed by atoms with van der Waals surface area (Å²) in [5.41, 5.74) is 6.93. The quantitative estimate of drug-likeness (QED) is 0.878. The van der Waals surface area contributed by atoms with Gasteiger partial charge in [-0.05, 0) is 50.6 Å². The molecule has 2 aliphatic rings. The lowest BCUT2D eigenvalue weighted by molar-refractivity contribution is -0.209. The van der Waals surface area contributed by atoms with E-state index in [2.05, 4.69) is 9.88 Å². The van der Waals surface area contributed by atoms with Crippen molar-refractivity contribution in [2.45, 2.75) is 44.9 Å². The van der Waals surface area contributed by atoms with E-state index in [1.165, 1.54) is 5.56 Å². The van der Waals surface area contributed by atoms with Crippen molar-refractivity contribution in [3.63, 3.8) is 0 Å². The summed E-state index contributed by atoms with van der Waals surface area (Å²) in [5, 5.41) is 10.2. The highest BCUT2D eigenvalue weighted by Crippen LogP contribution is 2.51. The van der Waals surface area contributed by atoms with Crippen LogP contribution in [0.4, 0.5) is 5.82 Å². The van der Waals surface area contributed by atoms with Gasteiger partial charge in [-0.25, -0.2) is 4.98 Å². The van der Waals surface area contributed by atoms with Crippen LogP contribution in [0.5, 0.6) is 0 Å². The van der Waals surface area contributed by atoms with Gasteiger partial charge in [0.05, 0.1) is 12.2 Å². The highest BCUT2D eigenvalue weighted by molar-refractivity contribution is 5.31. The van der Waals surface area contributed by atoms with Gasteiger partial charge >= 0.3 is 0 Å². The van der Waals surface area contributed by atoms with Crippen LogP contribution in [-0.2, 0) is 11.3 Å². The Bertz CT molecular complexity index is 484. The minimum absolute atomic E-state index is 0.00375. The topological polar surface area (TPSA) is 71.6 Å². The van der Waals surface area contributed by atoms with Gasteiger partial charge in [-0.15, -0.1) is 0 Å². The van der Waals surface area contributed by atoms with Crippen LogP contribution in [0.3, 0.4) is 0 Å². The zero-order chi connectivity index (χ0) is 14.9. The van der Waals surface area contributed by atoms with E-state index in [0.29, 0.717) is 5.82 Å². The van der Waals surface area contributed by atoms with Gasteiger partial charge in [0.25, 0.3) is 0 Å². The van der Waals surface area contributed by atoms with Crippen LogP contribution in [0.2, 0.25) is 0 Å². The number of nitrogen functional groups attached to an aromatic ring is 1. The van der Waals surface area contributed by atoms with Crippen LogP contribution in [0.25, 0.3) is 0 Å². The molecule has 116 valence electrons. The van der Waals surface area contributed by atoms with Crippen LogP contribution in [0.1, 0.15) is 31.7 Å². The molecule has 3 rings (SSSR count). The van der Waals surface area contributed by atoms with E-state index >= 15 is 0 Å². The standard InChI is InChI=1S/C16H25N3O2/c1-2-21-14-10-13(20)16(14)4-7-19(8-5-16)11-12-3-6-18-15(17)9-12/h3,6,9,13-14,20H,2,4-5,7-8,10-11H2,1H3,(H2,17,18). The van der Waals surface area contributed by atoms with Crippen LogP contribution in [0, 0.1) is 5.41 Å². The number of likely N-dealkylation sites (tertiary alicyclic amines) is 1. The van der Waals surface area contributed by atoms with E-state index in [0.717, 1.165) is 45.5 Å². The smallest absolute Gasteiger partial charge is 0.123 e. The fourth-order valence-corrected chi connectivity index (χ4v) is 3.80. The summed E-state index contributed by atoms with van der Waals surface area (Å²) in [6, 6.07) is 3.95. The average molecular weight is 291 g/mol. The highest BCUT2D eigenvalue weighted by atomic mass is 16.5. The van der Waals surface area contributed by atoms with Gasteiger partial charge in [0.2, 0.25) is 0 Å². The molecule has 1 spiro atoms. The molecule has 0 amide bonds. The Kier molecular flexibility index (Phi) is 4.15. The number of hydrogen-bond acceptors (Lipinski definition) is 5. The molecule has 21 heavy (non-hydrogen) atoms. The molecule has 0 bridgehead atoms. The number of rotatable bonds is 4. The summed E-state index contributed by atoms with van der Waals surface area (Å²) >= 11 is 0. The Labute approximate surface area is 126 Å². The molecule has 0 aromatic carbocycles. The summed E-state index contributed by atoms with van der Waals surface area (Å²) in [4.78, 5) is 6.45. The van der Waals surface area contributed by atoms with E-state index in [9.17, 15) is 5.11 Å². The predicted octanol–water partition coefficient (Wildman–Crippen LogP) is 1.42. The lowest BCUT2D eigenvalue weighted by Crippen LogP contribution is -2.62. The molecule has 1 saturated heterocycles. The molecule has 2 fully saturated rings. The zero-order valence-corrected chi connectivity index (χ0v) is 12.7. The third-order valence-electron chi connectivity index (χ3n) is 5.15. The second-order valence-corrected chi connectivity index (χ2v) is 6.29. The first-order valence-electron chi connectivity index (χ1n) is 7.86. The summed E-state index contributed by atoms with van der Waals surface area (Å²) in [6.45, 7) is 5.67. The molecule has 2 heterocycles. The fraction of sp³-hybridized carbons (Fsp3) is 0.688. The number of hydrogen-bond donors (Lipinski definition) is 2. The number of pyridine rings is 1. The number of aliphatic hydroxyl groups is 1. The van der Waals surface area contributed by atoms with E-state index in [1.54, 1.807) is 6.20 Å². The Morgan fingerprint density at radius 1 is 1.48 bits per heavy atom. The van der Waals surface area contributed by atoms with Crippen molar-refractivity contribution < 1.29 is 9.84 Å². The number of nitrogens with two attached hydrogens (primary N) is 1. The van der Waals surface area contributed by atoms with Crippen LogP contribution < -0.4 is 5.73 Å². The van der Waals surface area contributed by atoms with Crippen molar-refractivity contribution in [2.24, 2.45) is 5.41 Å². The lowest BCUT2D eigenvalue weighted by atomic mass is 9.58. The lowest BCUT2D eigenvalue weighted by Gasteiger charge is -2.56. The summed E-state index contributed by atoms with van der Waals surface area (Å²) in [6.07, 6.45) is 4.65. The molecule has 3 N–H and O–H groups in total. The van der Waals surface area contributed by atoms with Crippen LogP contribution in [0.15, 0.2) is 18.3 Å². The van der Waals surface area contributed by atoms with Gasteiger partial charge < -0.3 is 15.6 Å². The summed E-state index contributed by atoms with van der Waals surface area (Å²) in [5.74, 6) is 0.576. The molecule has 5 nitrogen and oxygen atoms in total. The van der Waals surface area contributed by atoms with Crippen molar-refractivity contribution in [2.75, 3.05) is 25.4 Å². The molecular weight excluding hydrogens is 266 g/mol. The number of nitrogens with zero attached hydrogens (tertiary/aromatic N) is 2. The molecule has 5 heteroatoms. The second-order valence-electron chi connectivity index (χ2n) is 6.29. The number of anilines is 1. The Balaban J connectivity index is 1.57. The molecule has 1 aliphatic heterocycles. The number of aromatic nitrogens is 1. The van der Waals surface area contributed by atoms with E-state index < -0.39 is 0 Å². The minimum Gasteiger partial charge on any atom is -0.392 e. The zero-order valence-electron chi connectivity index (χ0n) is 12.7. The average Bonchev–Trinajstić information content (AvgIpc) is 2.48. The SMILES string of the molecule is CCOC1CC(O)C12CCN(Cc1ccnc(N)c1)CC2. The van der Waals surface area contributed by atoms with Crippen molar-refractivity contribution in [1.29, 1.82) is 0 Å². The van der Waals surface area contributed by atoms with Gasteiger partial charge in [-0.2, -0.15) is 0 Å². The summed E-state index contributed by atoms with van der Waals surface area (Å²) in [7, 11) is 0. The maximum absolute atomic E-state index is 10.2. The van der Waals surface area contributed by atoms with Gasteiger partial charge in [0.15, 0.2) is 0 Å². The maximum atomic E-state index is 10.2. The van der Waals surface area contributed by atoms with Gasteiger partial charge in [0.1, 0.15) is 5.82 Å². The third kappa shape index (κ3) is 2.78. The van der Waals surface area contributed by atoms with Crippen molar-refractivity contribution in [3.05, 3.63) is 23.9 Å². The molecule has 1 aromatic heterocycles. The first-order valence-corrected chi connectivity index (χ1v) is 7.86. The van der Waals surface area contributed by atoms with Gasteiger partial charge in [0, 0.05) is 31.2 Å². The van der Waals surface area contributed by atoms with Crippen LogP contribution in [-0.4, -0.2) is 46.9 Å². The van der Waals surface area contributed by atoms with Gasteiger partial charge in [-0.1, -0.05) is 0 Å².